The summed E-state index contributed by atoms with van der Waals surface area (Å²) in [6.07, 6.45) is 8.50. The number of aromatic nitrogens is 2. The molecule has 3 heterocycles. The van der Waals surface area contributed by atoms with Crippen LogP contribution in [0.1, 0.15) is 34.6 Å². The van der Waals surface area contributed by atoms with Crippen molar-refractivity contribution in [1.82, 2.24) is 19.8 Å². The van der Waals surface area contributed by atoms with E-state index in [2.05, 4.69) is 39.4 Å². The molecule has 0 unspecified atom stereocenters. The highest BCUT2D eigenvalue weighted by atomic mass is 32.1. The lowest BCUT2D eigenvalue weighted by atomic mass is 9.77. The third-order valence-electron chi connectivity index (χ3n) is 5.68. The van der Waals surface area contributed by atoms with Crippen LogP contribution in [-0.4, -0.2) is 51.9 Å². The number of amides is 1. The van der Waals surface area contributed by atoms with Crippen molar-refractivity contribution in [2.24, 2.45) is 11.8 Å². The fraction of sp³-hybridized carbons (Fsp3) is 0.526. The van der Waals surface area contributed by atoms with E-state index in [-0.39, 0.29) is 5.91 Å². The molecule has 2 aliphatic rings. The summed E-state index contributed by atoms with van der Waals surface area (Å²) >= 11 is 1.82. The molecule has 2 aromatic heterocycles. The van der Waals surface area contributed by atoms with Crippen molar-refractivity contribution < 1.29 is 4.79 Å². The van der Waals surface area contributed by atoms with E-state index in [1.807, 2.05) is 16.2 Å². The Morgan fingerprint density at radius 2 is 2.28 bits per heavy atom. The fourth-order valence-electron chi connectivity index (χ4n) is 4.49. The van der Waals surface area contributed by atoms with Gasteiger partial charge in [0, 0.05) is 42.9 Å². The average Bonchev–Trinajstić information content (AvgIpc) is 3.30. The molecule has 132 valence electrons. The summed E-state index contributed by atoms with van der Waals surface area (Å²) in [6.45, 7) is 2.71. The van der Waals surface area contributed by atoms with Gasteiger partial charge < -0.3 is 4.90 Å². The lowest BCUT2D eigenvalue weighted by Gasteiger charge is -2.38. The Morgan fingerprint density at radius 3 is 3.04 bits per heavy atom. The summed E-state index contributed by atoms with van der Waals surface area (Å²) in [7, 11) is 2.24. The van der Waals surface area contributed by atoms with Gasteiger partial charge in [0.1, 0.15) is 5.69 Å². The molecule has 1 aliphatic heterocycles. The third-order valence-corrected chi connectivity index (χ3v) is 6.54. The molecule has 0 N–H and O–H groups in total. The lowest BCUT2D eigenvalue weighted by Crippen LogP contribution is -2.43. The van der Waals surface area contributed by atoms with Crippen molar-refractivity contribution in [2.45, 2.75) is 31.8 Å². The van der Waals surface area contributed by atoms with Gasteiger partial charge in [-0.25, -0.2) is 4.98 Å². The SMILES string of the molecule is CN(Cc1cccs1)[C@H]1CCC[C@@H]2CN(C(=O)c3cnccn3)C[C@@H]21. The van der Waals surface area contributed by atoms with Crippen molar-refractivity contribution in [2.75, 3.05) is 20.1 Å². The minimum Gasteiger partial charge on any atom is -0.337 e. The normalized spacial score (nSPS) is 26.0. The van der Waals surface area contributed by atoms with E-state index in [9.17, 15) is 4.79 Å². The van der Waals surface area contributed by atoms with Crippen LogP contribution >= 0.6 is 11.3 Å². The van der Waals surface area contributed by atoms with Gasteiger partial charge in [0.25, 0.3) is 5.91 Å². The standard InChI is InChI=1S/C19H24N4OS/c1-22(12-15-5-3-9-25-15)18-6-2-4-14-11-23(13-16(14)18)19(24)17-10-20-7-8-21-17/h3,5,7-10,14,16,18H,2,4,6,11-13H2,1H3/t14-,16+,18+/m1/s1. The van der Waals surface area contributed by atoms with E-state index in [1.54, 1.807) is 18.6 Å². The summed E-state index contributed by atoms with van der Waals surface area (Å²) in [5.41, 5.74) is 0.463. The molecule has 0 spiro atoms. The minimum atomic E-state index is 0.0298. The van der Waals surface area contributed by atoms with Gasteiger partial charge in [-0.05, 0) is 43.2 Å². The van der Waals surface area contributed by atoms with Crippen molar-refractivity contribution in [3.63, 3.8) is 0 Å². The number of hydrogen-bond donors (Lipinski definition) is 0. The average molecular weight is 356 g/mol. The van der Waals surface area contributed by atoms with Crippen LogP contribution in [0.25, 0.3) is 0 Å². The Kier molecular flexibility index (Phi) is 4.81. The van der Waals surface area contributed by atoms with Crippen LogP contribution in [-0.2, 0) is 6.54 Å². The molecule has 1 amide bonds. The van der Waals surface area contributed by atoms with E-state index in [0.717, 1.165) is 19.6 Å². The minimum absolute atomic E-state index is 0.0298. The van der Waals surface area contributed by atoms with Crippen molar-refractivity contribution in [3.05, 3.63) is 46.7 Å². The molecule has 1 saturated carbocycles. The van der Waals surface area contributed by atoms with Crippen LogP contribution in [0.3, 0.4) is 0 Å². The number of likely N-dealkylation sites (tertiary alicyclic amines) is 1. The third kappa shape index (κ3) is 3.46. The van der Waals surface area contributed by atoms with Crippen LogP contribution in [0.5, 0.6) is 0 Å². The van der Waals surface area contributed by atoms with Crippen LogP contribution in [0.2, 0.25) is 0 Å². The van der Waals surface area contributed by atoms with Gasteiger partial charge in [-0.1, -0.05) is 12.5 Å². The van der Waals surface area contributed by atoms with Crippen molar-refractivity contribution >= 4 is 17.2 Å². The quantitative estimate of drug-likeness (QED) is 0.845. The van der Waals surface area contributed by atoms with E-state index < -0.39 is 0 Å². The molecule has 25 heavy (non-hydrogen) atoms. The van der Waals surface area contributed by atoms with Gasteiger partial charge in [-0.15, -0.1) is 11.3 Å². The van der Waals surface area contributed by atoms with Gasteiger partial charge >= 0.3 is 0 Å². The summed E-state index contributed by atoms with van der Waals surface area (Å²) in [4.78, 5) is 26.9. The number of thiophene rings is 1. The number of hydrogen-bond acceptors (Lipinski definition) is 5. The maximum absolute atomic E-state index is 12.7. The molecule has 5 nitrogen and oxygen atoms in total. The second-order valence-electron chi connectivity index (χ2n) is 7.22. The highest BCUT2D eigenvalue weighted by Gasteiger charge is 2.43. The highest BCUT2D eigenvalue weighted by Crippen LogP contribution is 2.39. The zero-order valence-electron chi connectivity index (χ0n) is 14.5. The van der Waals surface area contributed by atoms with E-state index in [1.165, 1.54) is 24.1 Å². The summed E-state index contributed by atoms with van der Waals surface area (Å²) in [5.74, 6) is 1.21. The first kappa shape index (κ1) is 16.7. The van der Waals surface area contributed by atoms with Gasteiger partial charge in [0.05, 0.1) is 6.20 Å². The molecule has 1 aliphatic carbocycles. The smallest absolute Gasteiger partial charge is 0.274 e. The maximum Gasteiger partial charge on any atom is 0.274 e. The van der Waals surface area contributed by atoms with Gasteiger partial charge in [-0.3, -0.25) is 14.7 Å². The molecule has 4 rings (SSSR count). The van der Waals surface area contributed by atoms with Gasteiger partial charge in [-0.2, -0.15) is 0 Å². The molecule has 0 bridgehead atoms. The van der Waals surface area contributed by atoms with E-state index in [4.69, 9.17) is 0 Å². The zero-order chi connectivity index (χ0) is 17.2. The van der Waals surface area contributed by atoms with Gasteiger partial charge in [0.2, 0.25) is 0 Å². The first-order chi connectivity index (χ1) is 12.2. The molecular formula is C19H24N4OS. The number of fused-ring (bicyclic) bond motifs is 1. The summed E-state index contributed by atoms with van der Waals surface area (Å²) in [6, 6.07) is 4.88. The number of rotatable bonds is 4. The highest BCUT2D eigenvalue weighted by molar-refractivity contribution is 7.09. The molecule has 2 aromatic rings. The van der Waals surface area contributed by atoms with E-state index >= 15 is 0 Å². The molecule has 3 atom stereocenters. The molecule has 1 saturated heterocycles. The first-order valence-corrected chi connectivity index (χ1v) is 9.88. The monoisotopic (exact) mass is 356 g/mol. The first-order valence-electron chi connectivity index (χ1n) is 9.00. The Balaban J connectivity index is 1.45. The largest absolute Gasteiger partial charge is 0.337 e. The predicted octanol–water partition coefficient (Wildman–Crippen LogP) is 2.91. The maximum atomic E-state index is 12.7. The number of nitrogens with zero attached hydrogens (tertiary/aromatic N) is 4. The zero-order valence-corrected chi connectivity index (χ0v) is 15.4. The van der Waals surface area contributed by atoms with Crippen LogP contribution in [0, 0.1) is 11.8 Å². The summed E-state index contributed by atoms with van der Waals surface area (Å²) in [5, 5.41) is 2.14. The number of carbonyl (C=O) groups is 1. The Labute approximate surface area is 152 Å². The number of carbonyl (C=O) groups excluding carboxylic acids is 1. The predicted molar refractivity (Wildman–Crippen MR) is 98.3 cm³/mol. The topological polar surface area (TPSA) is 49.3 Å². The van der Waals surface area contributed by atoms with Crippen molar-refractivity contribution in [1.29, 1.82) is 0 Å². The van der Waals surface area contributed by atoms with Crippen LogP contribution in [0.15, 0.2) is 36.1 Å². The molecule has 0 aromatic carbocycles. The van der Waals surface area contributed by atoms with Gasteiger partial charge in [0.15, 0.2) is 0 Å². The molecule has 0 radical (unpaired) electrons. The summed E-state index contributed by atoms with van der Waals surface area (Å²) < 4.78 is 0. The second kappa shape index (κ2) is 7.22. The Morgan fingerprint density at radius 1 is 1.36 bits per heavy atom. The second-order valence-corrected chi connectivity index (χ2v) is 8.25. The van der Waals surface area contributed by atoms with Crippen molar-refractivity contribution in [3.8, 4) is 0 Å². The van der Waals surface area contributed by atoms with Crippen LogP contribution in [0.4, 0.5) is 0 Å². The van der Waals surface area contributed by atoms with E-state index in [0.29, 0.717) is 23.6 Å². The molecular weight excluding hydrogens is 332 g/mol. The fourth-order valence-corrected chi connectivity index (χ4v) is 5.26. The lowest BCUT2D eigenvalue weighted by molar-refractivity contribution is 0.0764. The molecule has 6 heteroatoms. The Bertz CT molecular complexity index is 705. The van der Waals surface area contributed by atoms with Crippen LogP contribution < -0.4 is 0 Å². The Hall–Kier alpha value is -1.79. The molecule has 2 fully saturated rings.